The van der Waals surface area contributed by atoms with Crippen LogP contribution in [-0.4, -0.2) is 5.11 Å². The zero-order valence-corrected chi connectivity index (χ0v) is 7.13. The van der Waals surface area contributed by atoms with Gasteiger partial charge in [-0.3, -0.25) is 0 Å². The molecule has 1 aromatic heterocycles. The van der Waals surface area contributed by atoms with Crippen molar-refractivity contribution in [1.29, 1.82) is 0 Å². The average molecular weight is 213 g/mol. The molecule has 0 aliphatic heterocycles. The molecule has 1 N–H and O–H groups in total. The number of hydrogen-bond donors (Lipinski definition) is 1. The first-order valence-electron chi connectivity index (χ1n) is 3.13. The van der Waals surface area contributed by atoms with Crippen molar-refractivity contribution >= 4 is 26.9 Å². The summed E-state index contributed by atoms with van der Waals surface area (Å²) >= 11 is 3.21. The van der Waals surface area contributed by atoms with Gasteiger partial charge in [0.25, 0.3) is 0 Å². The maximum Gasteiger partial charge on any atom is 0.137 e. The first-order valence-corrected chi connectivity index (χ1v) is 3.92. The van der Waals surface area contributed by atoms with Crippen LogP contribution in [0.1, 0.15) is 0 Å². The SMILES string of the molecule is Oc1cc2occc2cc1Br. The van der Waals surface area contributed by atoms with Crippen LogP contribution < -0.4 is 0 Å². The fourth-order valence-electron chi connectivity index (χ4n) is 0.971. The Morgan fingerprint density at radius 2 is 2.18 bits per heavy atom. The van der Waals surface area contributed by atoms with E-state index in [1.54, 1.807) is 12.3 Å². The zero-order valence-electron chi connectivity index (χ0n) is 5.54. The van der Waals surface area contributed by atoms with Gasteiger partial charge in [-0.1, -0.05) is 0 Å². The lowest BCUT2D eigenvalue weighted by molar-refractivity contribution is 0.471. The van der Waals surface area contributed by atoms with Gasteiger partial charge in [-0.15, -0.1) is 0 Å². The lowest BCUT2D eigenvalue weighted by atomic mass is 10.2. The predicted octanol–water partition coefficient (Wildman–Crippen LogP) is 2.90. The molecule has 0 amide bonds. The van der Waals surface area contributed by atoms with Gasteiger partial charge in [0, 0.05) is 11.5 Å². The van der Waals surface area contributed by atoms with Crippen LogP contribution in [0.3, 0.4) is 0 Å². The number of aromatic hydroxyl groups is 1. The van der Waals surface area contributed by atoms with E-state index < -0.39 is 0 Å². The molecular formula is C8H5BrO2. The zero-order chi connectivity index (χ0) is 7.84. The molecule has 0 aliphatic rings. The number of fused-ring (bicyclic) bond motifs is 1. The van der Waals surface area contributed by atoms with Crippen LogP contribution in [0.25, 0.3) is 11.0 Å². The lowest BCUT2D eigenvalue weighted by Gasteiger charge is -1.94. The highest BCUT2D eigenvalue weighted by Crippen LogP contribution is 2.29. The molecule has 0 bridgehead atoms. The summed E-state index contributed by atoms with van der Waals surface area (Å²) in [6.07, 6.45) is 1.59. The summed E-state index contributed by atoms with van der Waals surface area (Å²) in [6.45, 7) is 0. The second-order valence-electron chi connectivity index (χ2n) is 2.26. The molecule has 3 heteroatoms. The van der Waals surface area contributed by atoms with E-state index in [9.17, 15) is 5.11 Å². The van der Waals surface area contributed by atoms with Crippen LogP contribution in [0.5, 0.6) is 5.75 Å². The molecule has 11 heavy (non-hydrogen) atoms. The molecule has 2 aromatic rings. The Hall–Kier alpha value is -0.960. The van der Waals surface area contributed by atoms with E-state index in [4.69, 9.17) is 4.42 Å². The topological polar surface area (TPSA) is 33.4 Å². The minimum absolute atomic E-state index is 0.201. The Labute approximate surface area is 71.6 Å². The fraction of sp³-hybridized carbons (Fsp3) is 0. The minimum atomic E-state index is 0.201. The summed E-state index contributed by atoms with van der Waals surface area (Å²) in [5, 5.41) is 10.2. The van der Waals surface area contributed by atoms with Gasteiger partial charge in [-0.05, 0) is 28.1 Å². The molecular weight excluding hydrogens is 208 g/mol. The molecule has 0 radical (unpaired) electrons. The maximum absolute atomic E-state index is 9.23. The molecule has 0 saturated heterocycles. The number of hydrogen-bond acceptors (Lipinski definition) is 2. The Bertz CT molecular complexity index is 356. The van der Waals surface area contributed by atoms with Gasteiger partial charge >= 0.3 is 0 Å². The van der Waals surface area contributed by atoms with Crippen molar-refractivity contribution in [3.05, 3.63) is 28.9 Å². The number of benzene rings is 1. The number of phenolic OH excluding ortho intramolecular Hbond substituents is 1. The van der Waals surface area contributed by atoms with Crippen LogP contribution >= 0.6 is 15.9 Å². The highest BCUT2D eigenvalue weighted by atomic mass is 79.9. The van der Waals surface area contributed by atoms with Crippen LogP contribution in [-0.2, 0) is 0 Å². The Morgan fingerprint density at radius 1 is 1.36 bits per heavy atom. The molecule has 2 nitrogen and oxygen atoms in total. The minimum Gasteiger partial charge on any atom is -0.507 e. The van der Waals surface area contributed by atoms with Crippen LogP contribution in [0.4, 0.5) is 0 Å². The molecule has 1 heterocycles. The summed E-state index contributed by atoms with van der Waals surface area (Å²) in [5.74, 6) is 0.201. The van der Waals surface area contributed by atoms with Crippen molar-refractivity contribution in [3.8, 4) is 5.75 Å². The number of halogens is 1. The second-order valence-corrected chi connectivity index (χ2v) is 3.12. The number of furan rings is 1. The molecule has 0 atom stereocenters. The summed E-state index contributed by atoms with van der Waals surface area (Å²) in [6, 6.07) is 5.24. The van der Waals surface area contributed by atoms with E-state index in [1.807, 2.05) is 12.1 Å². The third-order valence-electron chi connectivity index (χ3n) is 1.52. The summed E-state index contributed by atoms with van der Waals surface area (Å²) in [7, 11) is 0. The highest BCUT2D eigenvalue weighted by Gasteiger charge is 2.01. The molecule has 2 rings (SSSR count). The van der Waals surface area contributed by atoms with Gasteiger partial charge < -0.3 is 9.52 Å². The predicted molar refractivity (Wildman–Crippen MR) is 45.6 cm³/mol. The fourth-order valence-corrected chi connectivity index (χ4v) is 1.33. The maximum atomic E-state index is 9.23. The molecule has 0 aliphatic carbocycles. The van der Waals surface area contributed by atoms with Crippen molar-refractivity contribution in [3.63, 3.8) is 0 Å². The van der Waals surface area contributed by atoms with E-state index in [0.29, 0.717) is 10.1 Å². The quantitative estimate of drug-likeness (QED) is 0.729. The van der Waals surface area contributed by atoms with Crippen molar-refractivity contribution in [2.24, 2.45) is 0 Å². The Kier molecular flexibility index (Phi) is 1.39. The Morgan fingerprint density at radius 3 is 3.00 bits per heavy atom. The van der Waals surface area contributed by atoms with E-state index in [1.165, 1.54) is 0 Å². The monoisotopic (exact) mass is 212 g/mol. The van der Waals surface area contributed by atoms with Crippen LogP contribution in [0.2, 0.25) is 0 Å². The lowest BCUT2D eigenvalue weighted by Crippen LogP contribution is -1.68. The third kappa shape index (κ3) is 1.01. The highest BCUT2D eigenvalue weighted by molar-refractivity contribution is 9.10. The van der Waals surface area contributed by atoms with Gasteiger partial charge in [0.05, 0.1) is 10.7 Å². The average Bonchev–Trinajstić information content (AvgIpc) is 2.36. The van der Waals surface area contributed by atoms with Gasteiger partial charge in [-0.2, -0.15) is 0 Å². The first-order chi connectivity index (χ1) is 5.27. The summed E-state index contributed by atoms with van der Waals surface area (Å²) in [5.41, 5.74) is 0.700. The normalized spacial score (nSPS) is 10.6. The number of phenols is 1. The summed E-state index contributed by atoms with van der Waals surface area (Å²) < 4.78 is 5.76. The molecule has 0 unspecified atom stereocenters. The van der Waals surface area contributed by atoms with Crippen LogP contribution in [0.15, 0.2) is 33.4 Å². The molecule has 0 saturated carbocycles. The second kappa shape index (κ2) is 2.27. The largest absolute Gasteiger partial charge is 0.507 e. The smallest absolute Gasteiger partial charge is 0.137 e. The molecule has 56 valence electrons. The van der Waals surface area contributed by atoms with Gasteiger partial charge in [0.1, 0.15) is 11.3 Å². The van der Waals surface area contributed by atoms with E-state index >= 15 is 0 Å². The summed E-state index contributed by atoms with van der Waals surface area (Å²) in [4.78, 5) is 0. The van der Waals surface area contributed by atoms with E-state index in [0.717, 1.165) is 5.39 Å². The van der Waals surface area contributed by atoms with Crippen molar-refractivity contribution in [2.75, 3.05) is 0 Å². The van der Waals surface area contributed by atoms with Gasteiger partial charge in [0.15, 0.2) is 0 Å². The molecule has 0 spiro atoms. The van der Waals surface area contributed by atoms with Crippen molar-refractivity contribution in [1.82, 2.24) is 0 Å². The Balaban J connectivity index is 2.86. The van der Waals surface area contributed by atoms with Crippen molar-refractivity contribution < 1.29 is 9.52 Å². The van der Waals surface area contributed by atoms with E-state index in [-0.39, 0.29) is 5.75 Å². The van der Waals surface area contributed by atoms with Gasteiger partial charge in [0.2, 0.25) is 0 Å². The molecule has 1 aromatic carbocycles. The van der Waals surface area contributed by atoms with E-state index in [2.05, 4.69) is 15.9 Å². The number of rotatable bonds is 0. The standard InChI is InChI=1S/C8H5BrO2/c9-6-3-5-1-2-11-8(5)4-7(6)10/h1-4,10H. The van der Waals surface area contributed by atoms with Crippen LogP contribution in [0, 0.1) is 0 Å². The van der Waals surface area contributed by atoms with Crippen molar-refractivity contribution in [2.45, 2.75) is 0 Å². The molecule has 0 fully saturated rings. The first kappa shape index (κ1) is 6.73. The third-order valence-corrected chi connectivity index (χ3v) is 2.16. The van der Waals surface area contributed by atoms with Gasteiger partial charge in [-0.25, -0.2) is 0 Å².